The Kier molecular flexibility index (Phi) is 7.00. The number of ether oxygens (including phenoxy) is 1. The van der Waals surface area contributed by atoms with Crippen LogP contribution in [0, 0.1) is 10.1 Å². The minimum Gasteiger partial charge on any atom is -0.496 e. The molecule has 0 saturated carbocycles. The molecule has 0 radical (unpaired) electrons. The summed E-state index contributed by atoms with van der Waals surface area (Å²) in [5.74, 6) is -0.624. The van der Waals surface area contributed by atoms with Crippen molar-refractivity contribution in [2.75, 3.05) is 13.7 Å². The molecular weight excluding hydrogens is 420 g/mol. The third kappa shape index (κ3) is 5.61. The average Bonchev–Trinajstić information content (AvgIpc) is 2.67. The molecule has 10 heteroatoms. The number of hydrazone groups is 1. The van der Waals surface area contributed by atoms with Crippen LogP contribution in [-0.2, 0) is 4.79 Å². The van der Waals surface area contributed by atoms with E-state index in [9.17, 15) is 19.7 Å². The van der Waals surface area contributed by atoms with E-state index in [0.717, 1.165) is 0 Å². The van der Waals surface area contributed by atoms with E-state index in [1.54, 1.807) is 30.3 Å². The predicted molar refractivity (Wildman–Crippen MR) is 102 cm³/mol. The molecule has 0 spiro atoms. The number of nitro benzene ring substituents is 1. The van der Waals surface area contributed by atoms with Crippen LogP contribution in [0.15, 0.2) is 52.0 Å². The summed E-state index contributed by atoms with van der Waals surface area (Å²) in [6.45, 7) is -0.297. The standard InChI is InChI=1S/C17H15BrN4O5/c1-27-15-5-3-2-4-12(15)17(24)19-10-16(23)21-20-9-11-6-7-13(18)14(8-11)22(25)26/h2-9H,10H2,1H3,(H,19,24)(H,21,23). The third-order valence-electron chi connectivity index (χ3n) is 3.33. The number of nitrogens with one attached hydrogen (secondary N) is 2. The fourth-order valence-electron chi connectivity index (χ4n) is 2.06. The zero-order valence-corrected chi connectivity index (χ0v) is 15.7. The molecule has 0 aromatic heterocycles. The SMILES string of the molecule is COc1ccccc1C(=O)NCC(=O)NN=Cc1ccc(Br)c([N+](=O)[O-])c1. The molecule has 2 rings (SSSR count). The van der Waals surface area contributed by atoms with Crippen LogP contribution in [0.4, 0.5) is 5.69 Å². The molecule has 2 N–H and O–H groups in total. The van der Waals surface area contributed by atoms with Gasteiger partial charge in [-0.3, -0.25) is 19.7 Å². The van der Waals surface area contributed by atoms with Crippen molar-refractivity contribution >= 4 is 39.6 Å². The molecule has 0 saturated heterocycles. The van der Waals surface area contributed by atoms with Crippen LogP contribution in [0.5, 0.6) is 5.75 Å². The highest BCUT2D eigenvalue weighted by Crippen LogP contribution is 2.24. The maximum atomic E-state index is 12.1. The maximum Gasteiger partial charge on any atom is 0.284 e. The number of amides is 2. The lowest BCUT2D eigenvalue weighted by Gasteiger charge is -2.08. The molecule has 0 aliphatic carbocycles. The van der Waals surface area contributed by atoms with Gasteiger partial charge in [-0.15, -0.1) is 0 Å². The Balaban J connectivity index is 1.89. The summed E-state index contributed by atoms with van der Waals surface area (Å²) in [6.07, 6.45) is 1.26. The van der Waals surface area contributed by atoms with Gasteiger partial charge in [-0.05, 0) is 34.1 Å². The molecule has 27 heavy (non-hydrogen) atoms. The molecule has 140 valence electrons. The van der Waals surface area contributed by atoms with Gasteiger partial charge in [-0.25, -0.2) is 5.43 Å². The van der Waals surface area contributed by atoms with Crippen LogP contribution >= 0.6 is 15.9 Å². The lowest BCUT2D eigenvalue weighted by Crippen LogP contribution is -2.35. The summed E-state index contributed by atoms with van der Waals surface area (Å²) in [5.41, 5.74) is 2.85. The molecule has 0 heterocycles. The zero-order valence-electron chi connectivity index (χ0n) is 14.1. The van der Waals surface area contributed by atoms with Crippen molar-refractivity contribution in [3.63, 3.8) is 0 Å². The molecule has 2 aromatic rings. The Morgan fingerprint density at radius 2 is 2.04 bits per heavy atom. The van der Waals surface area contributed by atoms with E-state index in [1.165, 1.54) is 25.5 Å². The number of carbonyl (C=O) groups is 2. The molecule has 0 aliphatic heterocycles. The second-order valence-corrected chi connectivity index (χ2v) is 6.00. The van der Waals surface area contributed by atoms with Gasteiger partial charge in [-0.1, -0.05) is 18.2 Å². The van der Waals surface area contributed by atoms with Crippen molar-refractivity contribution in [2.24, 2.45) is 5.10 Å². The lowest BCUT2D eigenvalue weighted by atomic mass is 10.2. The number of methoxy groups -OCH3 is 1. The summed E-state index contributed by atoms with van der Waals surface area (Å²) in [7, 11) is 1.44. The number of nitro groups is 1. The van der Waals surface area contributed by atoms with Crippen molar-refractivity contribution < 1.29 is 19.2 Å². The highest BCUT2D eigenvalue weighted by molar-refractivity contribution is 9.10. The highest BCUT2D eigenvalue weighted by atomic mass is 79.9. The maximum absolute atomic E-state index is 12.1. The highest BCUT2D eigenvalue weighted by Gasteiger charge is 2.13. The molecule has 2 amide bonds. The van der Waals surface area contributed by atoms with Gasteiger partial charge in [-0.2, -0.15) is 5.10 Å². The van der Waals surface area contributed by atoms with Crippen molar-refractivity contribution in [1.29, 1.82) is 0 Å². The fourth-order valence-corrected chi connectivity index (χ4v) is 2.45. The minimum absolute atomic E-state index is 0.116. The van der Waals surface area contributed by atoms with E-state index >= 15 is 0 Å². The van der Waals surface area contributed by atoms with E-state index in [4.69, 9.17) is 4.74 Å². The van der Waals surface area contributed by atoms with Gasteiger partial charge in [0, 0.05) is 11.6 Å². The summed E-state index contributed by atoms with van der Waals surface area (Å²) >= 11 is 3.08. The van der Waals surface area contributed by atoms with Crippen LogP contribution in [-0.4, -0.2) is 36.6 Å². The first-order valence-corrected chi connectivity index (χ1v) is 8.38. The van der Waals surface area contributed by atoms with Crippen molar-refractivity contribution in [3.8, 4) is 5.75 Å². The summed E-state index contributed by atoms with van der Waals surface area (Å²) in [4.78, 5) is 34.2. The van der Waals surface area contributed by atoms with Crippen LogP contribution in [0.1, 0.15) is 15.9 Å². The Morgan fingerprint density at radius 1 is 1.30 bits per heavy atom. The van der Waals surface area contributed by atoms with Gasteiger partial charge < -0.3 is 10.1 Å². The van der Waals surface area contributed by atoms with Crippen molar-refractivity contribution in [1.82, 2.24) is 10.7 Å². The number of benzene rings is 2. The van der Waals surface area contributed by atoms with Gasteiger partial charge in [0.2, 0.25) is 0 Å². The molecule has 2 aromatic carbocycles. The van der Waals surface area contributed by atoms with Gasteiger partial charge in [0.25, 0.3) is 17.5 Å². The Morgan fingerprint density at radius 3 is 2.74 bits per heavy atom. The molecule has 9 nitrogen and oxygen atoms in total. The monoisotopic (exact) mass is 434 g/mol. The van der Waals surface area contributed by atoms with Gasteiger partial charge in [0.1, 0.15) is 5.75 Å². The van der Waals surface area contributed by atoms with Gasteiger partial charge in [0.05, 0.1) is 34.8 Å². The summed E-state index contributed by atoms with van der Waals surface area (Å²) in [6, 6.07) is 11.0. The lowest BCUT2D eigenvalue weighted by molar-refractivity contribution is -0.385. The number of carbonyl (C=O) groups excluding carboxylic acids is 2. The third-order valence-corrected chi connectivity index (χ3v) is 4.00. The molecule has 0 atom stereocenters. The molecule has 0 bridgehead atoms. The van der Waals surface area contributed by atoms with Crippen LogP contribution in [0.2, 0.25) is 0 Å². The van der Waals surface area contributed by atoms with Crippen LogP contribution in [0.3, 0.4) is 0 Å². The van der Waals surface area contributed by atoms with E-state index in [-0.39, 0.29) is 12.2 Å². The minimum atomic E-state index is -0.555. The Hall–Kier alpha value is -3.27. The average molecular weight is 435 g/mol. The summed E-state index contributed by atoms with van der Waals surface area (Å²) < 4.78 is 5.43. The molecule has 0 fully saturated rings. The van der Waals surface area contributed by atoms with E-state index in [0.29, 0.717) is 21.3 Å². The van der Waals surface area contributed by atoms with Gasteiger partial charge in [0.15, 0.2) is 0 Å². The molecule has 0 aliphatic rings. The molecule has 0 unspecified atom stereocenters. The number of rotatable bonds is 7. The van der Waals surface area contributed by atoms with E-state index in [1.807, 2.05) is 0 Å². The van der Waals surface area contributed by atoms with Crippen molar-refractivity contribution in [3.05, 3.63) is 68.2 Å². The second-order valence-electron chi connectivity index (χ2n) is 5.14. The van der Waals surface area contributed by atoms with E-state index < -0.39 is 16.7 Å². The summed E-state index contributed by atoms with van der Waals surface area (Å²) in [5, 5.41) is 17.1. The topological polar surface area (TPSA) is 123 Å². The Bertz CT molecular complexity index is 901. The first-order valence-electron chi connectivity index (χ1n) is 7.59. The number of hydrogen-bond donors (Lipinski definition) is 2. The normalized spacial score (nSPS) is 10.4. The van der Waals surface area contributed by atoms with Crippen LogP contribution < -0.4 is 15.5 Å². The Labute approximate surface area is 162 Å². The smallest absolute Gasteiger partial charge is 0.284 e. The fraction of sp³-hybridized carbons (Fsp3) is 0.118. The number of hydrogen-bond acceptors (Lipinski definition) is 6. The van der Waals surface area contributed by atoms with Gasteiger partial charge >= 0.3 is 0 Å². The largest absolute Gasteiger partial charge is 0.496 e. The second kappa shape index (κ2) is 9.43. The first kappa shape index (κ1) is 20.0. The zero-order chi connectivity index (χ0) is 19.8. The number of nitrogens with zero attached hydrogens (tertiary/aromatic N) is 2. The first-order chi connectivity index (χ1) is 12.9. The number of halogens is 1. The van der Waals surface area contributed by atoms with Crippen LogP contribution in [0.25, 0.3) is 0 Å². The van der Waals surface area contributed by atoms with Crippen molar-refractivity contribution in [2.45, 2.75) is 0 Å². The predicted octanol–water partition coefficient (Wildman–Crippen LogP) is 2.25. The quantitative estimate of drug-likeness (QED) is 0.392. The number of para-hydroxylation sites is 1. The van der Waals surface area contributed by atoms with E-state index in [2.05, 4.69) is 31.8 Å². The molecular formula is C17H15BrN4O5.